The maximum absolute atomic E-state index is 12.9. The van der Waals surface area contributed by atoms with Crippen LogP contribution in [0.2, 0.25) is 0 Å². The zero-order chi connectivity index (χ0) is 19.2. The Morgan fingerprint density at radius 2 is 1.78 bits per heavy atom. The van der Waals surface area contributed by atoms with Crippen LogP contribution in [0.25, 0.3) is 0 Å². The van der Waals surface area contributed by atoms with E-state index in [4.69, 9.17) is 4.42 Å². The Morgan fingerprint density at radius 3 is 2.44 bits per heavy atom. The summed E-state index contributed by atoms with van der Waals surface area (Å²) in [5, 5.41) is 0. The van der Waals surface area contributed by atoms with Crippen LogP contribution >= 0.6 is 0 Å². The third-order valence-corrected chi connectivity index (χ3v) is 7.31. The van der Waals surface area contributed by atoms with Crippen LogP contribution in [0.5, 0.6) is 0 Å². The predicted molar refractivity (Wildman–Crippen MR) is 103 cm³/mol. The molecule has 0 radical (unpaired) electrons. The van der Waals surface area contributed by atoms with Crippen molar-refractivity contribution in [1.82, 2.24) is 4.31 Å². The van der Waals surface area contributed by atoms with Crippen LogP contribution < -0.4 is 4.90 Å². The average molecular weight is 388 g/mol. The zero-order valence-corrected chi connectivity index (χ0v) is 16.5. The van der Waals surface area contributed by atoms with Gasteiger partial charge in [-0.15, -0.1) is 0 Å². The van der Waals surface area contributed by atoms with Crippen LogP contribution in [0.1, 0.15) is 46.7 Å². The van der Waals surface area contributed by atoms with E-state index in [-0.39, 0.29) is 5.91 Å². The number of fused-ring (bicyclic) bond motifs is 1. The topological polar surface area (TPSA) is 70.8 Å². The molecule has 1 saturated heterocycles. The minimum absolute atomic E-state index is 0.102. The van der Waals surface area contributed by atoms with Crippen LogP contribution in [0.4, 0.5) is 5.69 Å². The van der Waals surface area contributed by atoms with Crippen molar-refractivity contribution in [3.8, 4) is 0 Å². The summed E-state index contributed by atoms with van der Waals surface area (Å²) < 4.78 is 32.9. The molecule has 0 unspecified atom stereocenters. The first-order valence-corrected chi connectivity index (χ1v) is 10.8. The van der Waals surface area contributed by atoms with Gasteiger partial charge in [-0.05, 0) is 62.9 Å². The standard InChI is InChI=1S/C20H24N2O4S/c1-14-12-18(15(2)26-14)20(23)22-11-8-16-13-17(6-7-19(16)22)27(24,25)21-9-4-3-5-10-21/h6-7,12-13H,3-5,8-11H2,1-2H3. The highest BCUT2D eigenvalue weighted by Gasteiger charge is 2.31. The van der Waals surface area contributed by atoms with Gasteiger partial charge < -0.3 is 9.32 Å². The molecule has 3 heterocycles. The molecule has 0 N–H and O–H groups in total. The summed E-state index contributed by atoms with van der Waals surface area (Å²) in [5.41, 5.74) is 2.25. The van der Waals surface area contributed by atoms with E-state index in [9.17, 15) is 13.2 Å². The molecule has 4 rings (SSSR count). The van der Waals surface area contributed by atoms with Crippen LogP contribution in [0, 0.1) is 13.8 Å². The first kappa shape index (κ1) is 18.3. The average Bonchev–Trinajstić information content (AvgIpc) is 3.24. The van der Waals surface area contributed by atoms with E-state index >= 15 is 0 Å². The smallest absolute Gasteiger partial charge is 0.261 e. The largest absolute Gasteiger partial charge is 0.466 e. The number of carbonyl (C=O) groups excluding carboxylic acids is 1. The summed E-state index contributed by atoms with van der Waals surface area (Å²) in [4.78, 5) is 15.0. The fourth-order valence-electron chi connectivity index (χ4n) is 3.99. The summed E-state index contributed by atoms with van der Waals surface area (Å²) >= 11 is 0. The van der Waals surface area contributed by atoms with E-state index in [2.05, 4.69) is 0 Å². The predicted octanol–water partition coefficient (Wildman–Crippen LogP) is 3.27. The van der Waals surface area contributed by atoms with Gasteiger partial charge in [0.2, 0.25) is 10.0 Å². The Labute approximate surface area is 159 Å². The number of piperidine rings is 1. The molecule has 1 aromatic carbocycles. The lowest BCUT2D eigenvalue weighted by Gasteiger charge is -2.26. The van der Waals surface area contributed by atoms with Gasteiger partial charge in [-0.1, -0.05) is 6.42 Å². The summed E-state index contributed by atoms with van der Waals surface area (Å²) in [6.45, 7) is 5.32. The van der Waals surface area contributed by atoms with Crippen LogP contribution in [-0.4, -0.2) is 38.3 Å². The van der Waals surface area contributed by atoms with Crippen molar-refractivity contribution in [2.45, 2.75) is 44.4 Å². The lowest BCUT2D eigenvalue weighted by molar-refractivity contribution is 0.0988. The van der Waals surface area contributed by atoms with Gasteiger partial charge in [0.15, 0.2) is 0 Å². The highest BCUT2D eigenvalue weighted by Crippen LogP contribution is 2.33. The molecule has 2 aromatic rings. The highest BCUT2D eigenvalue weighted by molar-refractivity contribution is 7.89. The Balaban J connectivity index is 1.62. The fourth-order valence-corrected chi connectivity index (χ4v) is 5.56. The first-order chi connectivity index (χ1) is 12.9. The molecule has 7 heteroatoms. The molecule has 1 amide bonds. The fraction of sp³-hybridized carbons (Fsp3) is 0.450. The molecule has 2 aliphatic rings. The maximum Gasteiger partial charge on any atom is 0.261 e. The molecule has 0 saturated carbocycles. The maximum atomic E-state index is 12.9. The van der Waals surface area contributed by atoms with Crippen molar-refractivity contribution in [3.63, 3.8) is 0 Å². The number of hydrogen-bond donors (Lipinski definition) is 0. The SMILES string of the molecule is Cc1cc(C(=O)N2CCc3cc(S(=O)(=O)N4CCCCC4)ccc32)c(C)o1. The van der Waals surface area contributed by atoms with Crippen molar-refractivity contribution >= 4 is 21.6 Å². The molecule has 27 heavy (non-hydrogen) atoms. The number of rotatable bonds is 3. The summed E-state index contributed by atoms with van der Waals surface area (Å²) in [6, 6.07) is 6.88. The third-order valence-electron chi connectivity index (χ3n) is 5.42. The lowest BCUT2D eigenvalue weighted by Crippen LogP contribution is -2.35. The molecular formula is C20H24N2O4S. The third kappa shape index (κ3) is 3.19. The molecule has 6 nitrogen and oxygen atoms in total. The Kier molecular flexibility index (Phi) is 4.60. The van der Waals surface area contributed by atoms with Gasteiger partial charge in [0.05, 0.1) is 10.5 Å². The molecule has 144 valence electrons. The van der Waals surface area contributed by atoms with Crippen LogP contribution in [0.15, 0.2) is 33.6 Å². The van der Waals surface area contributed by atoms with Crippen LogP contribution in [-0.2, 0) is 16.4 Å². The second-order valence-corrected chi connectivity index (χ2v) is 9.23. The number of nitrogens with zero attached hydrogens (tertiary/aromatic N) is 2. The Hall–Kier alpha value is -2.12. The van der Waals surface area contributed by atoms with Gasteiger partial charge in [0.1, 0.15) is 11.5 Å². The molecule has 1 fully saturated rings. The molecule has 0 bridgehead atoms. The Morgan fingerprint density at radius 1 is 1.04 bits per heavy atom. The molecule has 0 aliphatic carbocycles. The van der Waals surface area contributed by atoms with Crippen molar-refractivity contribution in [2.75, 3.05) is 24.5 Å². The highest BCUT2D eigenvalue weighted by atomic mass is 32.2. The van der Waals surface area contributed by atoms with E-state index < -0.39 is 10.0 Å². The second-order valence-electron chi connectivity index (χ2n) is 7.29. The number of anilines is 1. The summed E-state index contributed by atoms with van der Waals surface area (Å²) in [7, 11) is -3.46. The number of carbonyl (C=O) groups is 1. The summed E-state index contributed by atoms with van der Waals surface area (Å²) in [6.07, 6.45) is 3.56. The number of amides is 1. The Bertz CT molecular complexity index is 987. The zero-order valence-electron chi connectivity index (χ0n) is 15.7. The minimum Gasteiger partial charge on any atom is -0.466 e. The molecular weight excluding hydrogens is 364 g/mol. The summed E-state index contributed by atoms with van der Waals surface area (Å²) in [5.74, 6) is 1.21. The van der Waals surface area contributed by atoms with Gasteiger partial charge >= 0.3 is 0 Å². The number of sulfonamides is 1. The van der Waals surface area contributed by atoms with E-state index in [0.717, 1.165) is 30.5 Å². The number of hydrogen-bond acceptors (Lipinski definition) is 4. The van der Waals surface area contributed by atoms with Crippen molar-refractivity contribution in [1.29, 1.82) is 0 Å². The number of furan rings is 1. The quantitative estimate of drug-likeness (QED) is 0.809. The van der Waals surface area contributed by atoms with Gasteiger partial charge in [-0.2, -0.15) is 4.31 Å². The van der Waals surface area contributed by atoms with Crippen molar-refractivity contribution in [2.24, 2.45) is 0 Å². The molecule has 1 aromatic heterocycles. The van der Waals surface area contributed by atoms with Crippen molar-refractivity contribution < 1.29 is 17.6 Å². The van der Waals surface area contributed by atoms with Gasteiger partial charge in [-0.25, -0.2) is 8.42 Å². The van der Waals surface area contributed by atoms with E-state index in [1.165, 1.54) is 0 Å². The number of aryl methyl sites for hydroxylation is 2. The number of benzene rings is 1. The first-order valence-electron chi connectivity index (χ1n) is 9.40. The molecule has 0 atom stereocenters. The van der Waals surface area contributed by atoms with Gasteiger partial charge in [0, 0.05) is 25.3 Å². The van der Waals surface area contributed by atoms with E-state index in [1.54, 1.807) is 40.4 Å². The lowest BCUT2D eigenvalue weighted by atomic mass is 10.1. The van der Waals surface area contributed by atoms with Gasteiger partial charge in [-0.3, -0.25) is 4.79 Å². The monoisotopic (exact) mass is 388 g/mol. The van der Waals surface area contributed by atoms with Crippen molar-refractivity contribution in [3.05, 3.63) is 46.9 Å². The molecule has 0 spiro atoms. The van der Waals surface area contributed by atoms with Gasteiger partial charge in [0.25, 0.3) is 5.91 Å². The van der Waals surface area contributed by atoms with E-state index in [1.807, 2.05) is 6.92 Å². The van der Waals surface area contributed by atoms with Crippen LogP contribution in [0.3, 0.4) is 0 Å². The molecule has 2 aliphatic heterocycles. The second kappa shape index (κ2) is 6.80. The minimum atomic E-state index is -3.46. The normalized spacial score (nSPS) is 17.9. The van der Waals surface area contributed by atoms with E-state index in [0.29, 0.717) is 48.0 Å².